The first-order valence-corrected chi connectivity index (χ1v) is 21.7. The highest BCUT2D eigenvalue weighted by molar-refractivity contribution is 6.01. The van der Waals surface area contributed by atoms with Crippen LogP contribution >= 0.6 is 0 Å². The number of para-hydroxylation sites is 1. The van der Waals surface area contributed by atoms with Gasteiger partial charge in [0.05, 0.1) is 95.9 Å². The molecule has 18 nitrogen and oxygen atoms in total. The molecule has 0 bridgehead atoms. The maximum atomic E-state index is 13.4. The van der Waals surface area contributed by atoms with E-state index < -0.39 is 5.91 Å². The van der Waals surface area contributed by atoms with Crippen LogP contribution in [0.15, 0.2) is 100 Å². The largest absolute Gasteiger partial charge is 0.453 e. The van der Waals surface area contributed by atoms with E-state index in [9.17, 15) is 19.2 Å². The fourth-order valence-corrected chi connectivity index (χ4v) is 7.54. The molecular weight excluding hydrogens is 853 g/mol. The highest BCUT2D eigenvalue weighted by Crippen LogP contribution is 2.42. The monoisotopic (exact) mass is 902 g/mol. The van der Waals surface area contributed by atoms with Crippen LogP contribution in [-0.4, -0.2) is 112 Å². The first kappa shape index (κ1) is 45.6. The highest BCUT2D eigenvalue weighted by atomic mass is 16.7. The van der Waals surface area contributed by atoms with Crippen molar-refractivity contribution in [1.29, 1.82) is 0 Å². The lowest BCUT2D eigenvalue weighted by Crippen LogP contribution is -2.32. The molecule has 3 N–H and O–H groups in total. The van der Waals surface area contributed by atoms with E-state index in [0.717, 1.165) is 22.4 Å². The molecule has 0 aliphatic carbocycles. The summed E-state index contributed by atoms with van der Waals surface area (Å²) >= 11 is 0. The molecule has 344 valence electrons. The molecule has 2 aromatic heterocycles. The van der Waals surface area contributed by atoms with Crippen LogP contribution in [0.2, 0.25) is 0 Å². The summed E-state index contributed by atoms with van der Waals surface area (Å²) in [5.41, 5.74) is 11.3. The third kappa shape index (κ3) is 11.1. The fourth-order valence-electron chi connectivity index (χ4n) is 7.54. The minimum absolute atomic E-state index is 0.00955. The number of carbonyl (C=O) groups excluding carboxylic acids is 3. The molecule has 0 radical (unpaired) electrons. The lowest BCUT2D eigenvalue weighted by atomic mass is 9.95. The Balaban J connectivity index is 0.662. The summed E-state index contributed by atoms with van der Waals surface area (Å²) in [5, 5.41) is 12.3. The van der Waals surface area contributed by atoms with Crippen LogP contribution in [0.25, 0.3) is 44.8 Å². The Morgan fingerprint density at radius 1 is 0.727 bits per heavy atom. The van der Waals surface area contributed by atoms with Gasteiger partial charge in [-0.05, 0) is 35.9 Å². The van der Waals surface area contributed by atoms with Crippen molar-refractivity contribution in [3.8, 4) is 45.3 Å². The number of rotatable bonds is 23. The smallest absolute Gasteiger partial charge is 0.251 e. The predicted molar refractivity (Wildman–Crippen MR) is 241 cm³/mol. The zero-order valence-corrected chi connectivity index (χ0v) is 36.2. The maximum Gasteiger partial charge on any atom is 0.251 e. The number of benzene rings is 4. The summed E-state index contributed by atoms with van der Waals surface area (Å²) in [5.74, 6) is 0.304. The van der Waals surface area contributed by atoms with Gasteiger partial charge in [-0.15, -0.1) is 5.10 Å². The molecule has 0 fully saturated rings. The van der Waals surface area contributed by atoms with Crippen LogP contribution in [-0.2, 0) is 46.4 Å². The Kier molecular flexibility index (Phi) is 15.4. The number of nitrogens with two attached hydrogens (primary N) is 1. The number of aromatic nitrogens is 3. The van der Waals surface area contributed by atoms with Gasteiger partial charge in [-0.3, -0.25) is 19.2 Å². The number of nitrogens with zero attached hydrogens (tertiary/aromatic N) is 4. The SMILES string of the molecule is NC(=O)CCC(=O)N1Cc2ccccc2-c2c(nnn2CCOCCOCCOCCOCCOCCNC(=O)c2ccc(-c3cc(=O)c4ccc5c(c4o3)OCO5)cc2)-c2ccccc21. The van der Waals surface area contributed by atoms with E-state index in [0.29, 0.717) is 136 Å². The van der Waals surface area contributed by atoms with Crippen molar-refractivity contribution < 1.29 is 52.0 Å². The molecule has 3 amide bonds. The highest BCUT2D eigenvalue weighted by Gasteiger charge is 2.29. The van der Waals surface area contributed by atoms with Gasteiger partial charge in [0.15, 0.2) is 16.8 Å². The summed E-state index contributed by atoms with van der Waals surface area (Å²) in [6, 6.07) is 26.9. The molecule has 6 aromatic rings. The lowest BCUT2D eigenvalue weighted by Gasteiger charge is -2.28. The van der Waals surface area contributed by atoms with Crippen molar-refractivity contribution in [2.45, 2.75) is 25.9 Å². The summed E-state index contributed by atoms with van der Waals surface area (Å²) in [7, 11) is 0. The van der Waals surface area contributed by atoms with Gasteiger partial charge in [0, 0.05) is 47.7 Å². The predicted octanol–water partition coefficient (Wildman–Crippen LogP) is 4.74. The van der Waals surface area contributed by atoms with Crippen LogP contribution in [0.1, 0.15) is 28.8 Å². The number of fused-ring (bicyclic) bond motifs is 8. The Hall–Kier alpha value is -6.96. The molecule has 2 aliphatic rings. The molecule has 66 heavy (non-hydrogen) atoms. The first-order valence-electron chi connectivity index (χ1n) is 21.7. The Morgan fingerprint density at radius 3 is 2.12 bits per heavy atom. The number of carbonyl (C=O) groups is 3. The van der Waals surface area contributed by atoms with Gasteiger partial charge in [-0.1, -0.05) is 59.8 Å². The minimum Gasteiger partial charge on any atom is -0.453 e. The molecule has 0 unspecified atom stereocenters. The van der Waals surface area contributed by atoms with E-state index in [1.54, 1.807) is 41.3 Å². The van der Waals surface area contributed by atoms with Crippen LogP contribution in [0.4, 0.5) is 5.69 Å². The van der Waals surface area contributed by atoms with E-state index >= 15 is 0 Å². The standard InChI is InChI=1S/C48H50N6O12/c49-42(56)15-16-43(57)53-30-34-5-1-2-6-35(34)45-44(36-7-3-4-8-38(36)53)51-52-54(45)18-20-60-22-24-62-26-28-63-27-25-61-23-21-59-19-17-50-48(58)33-11-9-32(10-12-33)41-29-39(55)37-13-14-40-47(46(37)66-41)65-31-64-40/h1-14,29H,15-28,30-31H2,(H2,49,56)(H,50,58). The van der Waals surface area contributed by atoms with Crippen molar-refractivity contribution >= 4 is 34.4 Å². The fraction of sp³-hybridized carbons (Fsp3) is 0.333. The molecule has 0 saturated carbocycles. The van der Waals surface area contributed by atoms with Gasteiger partial charge in [0.25, 0.3) is 5.91 Å². The third-order valence-electron chi connectivity index (χ3n) is 10.8. The summed E-state index contributed by atoms with van der Waals surface area (Å²) in [6.07, 6.45) is -0.0205. The third-order valence-corrected chi connectivity index (χ3v) is 10.8. The quantitative estimate of drug-likeness (QED) is 0.0831. The Bertz CT molecular complexity index is 2700. The minimum atomic E-state index is -0.523. The van der Waals surface area contributed by atoms with E-state index in [2.05, 4.69) is 15.6 Å². The number of anilines is 1. The van der Waals surface area contributed by atoms with Crippen molar-refractivity contribution in [2.75, 3.05) is 84.3 Å². The normalized spacial score (nSPS) is 12.6. The number of ether oxygens (including phenoxy) is 7. The number of nitrogens with one attached hydrogen (secondary N) is 1. The molecule has 4 heterocycles. The maximum absolute atomic E-state index is 13.4. The topological polar surface area (TPSA) is 218 Å². The van der Waals surface area contributed by atoms with Gasteiger partial charge >= 0.3 is 0 Å². The van der Waals surface area contributed by atoms with Gasteiger partial charge in [0.1, 0.15) is 11.5 Å². The van der Waals surface area contributed by atoms with Gasteiger partial charge in [0.2, 0.25) is 24.4 Å². The molecular formula is C48H50N6O12. The van der Waals surface area contributed by atoms with Crippen LogP contribution in [0.3, 0.4) is 0 Å². The van der Waals surface area contributed by atoms with Crippen LogP contribution in [0, 0.1) is 0 Å². The van der Waals surface area contributed by atoms with Crippen molar-refractivity contribution in [3.05, 3.63) is 112 Å². The number of hydrogen-bond acceptors (Lipinski definition) is 14. The molecule has 0 saturated heterocycles. The Labute approximate surface area is 379 Å². The second-order valence-electron chi connectivity index (χ2n) is 15.2. The number of primary amides is 1. The molecule has 8 rings (SSSR count). The summed E-state index contributed by atoms with van der Waals surface area (Å²) in [4.78, 5) is 51.9. The van der Waals surface area contributed by atoms with Crippen molar-refractivity contribution in [3.63, 3.8) is 0 Å². The van der Waals surface area contributed by atoms with Gasteiger partial charge < -0.3 is 53.5 Å². The van der Waals surface area contributed by atoms with E-state index in [1.165, 1.54) is 6.07 Å². The molecule has 0 spiro atoms. The zero-order valence-electron chi connectivity index (χ0n) is 36.2. The average Bonchev–Trinajstić information content (AvgIpc) is 3.99. The average molecular weight is 903 g/mol. The first-order chi connectivity index (χ1) is 32.4. The van der Waals surface area contributed by atoms with E-state index in [-0.39, 0.29) is 36.9 Å². The van der Waals surface area contributed by atoms with Crippen LogP contribution < -0.4 is 30.9 Å². The second-order valence-corrected chi connectivity index (χ2v) is 15.2. The van der Waals surface area contributed by atoms with Crippen molar-refractivity contribution in [1.82, 2.24) is 20.3 Å². The molecule has 2 aliphatic heterocycles. The summed E-state index contributed by atoms with van der Waals surface area (Å²) < 4.78 is 47.0. The van der Waals surface area contributed by atoms with Crippen LogP contribution in [0.5, 0.6) is 11.5 Å². The molecule has 0 atom stereocenters. The van der Waals surface area contributed by atoms with Gasteiger partial charge in [-0.2, -0.15) is 0 Å². The molecule has 18 heteroatoms. The molecule has 4 aromatic carbocycles. The number of amides is 3. The second kappa shape index (κ2) is 22.3. The Morgan fingerprint density at radius 2 is 1.39 bits per heavy atom. The van der Waals surface area contributed by atoms with E-state index in [1.807, 2.05) is 53.2 Å². The lowest BCUT2D eigenvalue weighted by molar-refractivity contribution is -0.123. The van der Waals surface area contributed by atoms with E-state index in [4.69, 9.17) is 43.3 Å². The van der Waals surface area contributed by atoms with Crippen molar-refractivity contribution in [2.24, 2.45) is 5.73 Å². The number of hydrogen-bond donors (Lipinski definition) is 2. The van der Waals surface area contributed by atoms with Gasteiger partial charge in [-0.25, -0.2) is 4.68 Å². The zero-order chi connectivity index (χ0) is 45.7. The summed E-state index contributed by atoms with van der Waals surface area (Å²) in [6.45, 7) is 5.03.